The fraction of sp³-hybridized carbons (Fsp3) is 0.259. The number of carboxylic acids is 1. The van der Waals surface area contributed by atoms with Crippen LogP contribution in [-0.2, 0) is 22.5 Å². The molecule has 1 unspecified atom stereocenters. The van der Waals surface area contributed by atoms with E-state index in [-0.39, 0.29) is 12.7 Å². The SMILES string of the molecule is O=C(O)COc1cccc2c1CCC(C/C=N/OC(c1ccccc1)c1ccccc1)C2. The third kappa shape index (κ3) is 5.55. The number of fused-ring (bicyclic) bond motifs is 1. The first-order valence-corrected chi connectivity index (χ1v) is 10.9. The number of rotatable bonds is 9. The van der Waals surface area contributed by atoms with Crippen LogP contribution >= 0.6 is 0 Å². The van der Waals surface area contributed by atoms with Gasteiger partial charge in [0.2, 0.25) is 0 Å². The summed E-state index contributed by atoms with van der Waals surface area (Å²) in [6.45, 7) is -0.312. The Labute approximate surface area is 188 Å². The molecule has 5 nitrogen and oxygen atoms in total. The van der Waals surface area contributed by atoms with Gasteiger partial charge in [0.15, 0.2) is 12.7 Å². The summed E-state index contributed by atoms with van der Waals surface area (Å²) in [5.41, 5.74) is 4.49. The number of carboxylic acid groups (broad SMARTS) is 1. The second-order valence-corrected chi connectivity index (χ2v) is 8.02. The van der Waals surface area contributed by atoms with Crippen LogP contribution < -0.4 is 4.74 Å². The molecule has 1 aliphatic carbocycles. The van der Waals surface area contributed by atoms with Crippen molar-refractivity contribution in [3.05, 3.63) is 101 Å². The van der Waals surface area contributed by atoms with Gasteiger partial charge in [-0.2, -0.15) is 0 Å². The summed E-state index contributed by atoms with van der Waals surface area (Å²) < 4.78 is 5.46. The molecule has 3 aromatic rings. The zero-order valence-corrected chi connectivity index (χ0v) is 17.9. The maximum atomic E-state index is 10.8. The molecule has 0 spiro atoms. The number of hydrogen-bond donors (Lipinski definition) is 1. The summed E-state index contributed by atoms with van der Waals surface area (Å²) >= 11 is 0. The van der Waals surface area contributed by atoms with Crippen molar-refractivity contribution in [2.45, 2.75) is 31.8 Å². The predicted octanol–water partition coefficient (Wildman–Crippen LogP) is 5.44. The first-order valence-electron chi connectivity index (χ1n) is 10.9. The number of hydrogen-bond acceptors (Lipinski definition) is 4. The molecule has 1 atom stereocenters. The van der Waals surface area contributed by atoms with Crippen molar-refractivity contribution in [1.82, 2.24) is 0 Å². The van der Waals surface area contributed by atoms with E-state index in [1.54, 1.807) is 0 Å². The molecular weight excluding hydrogens is 402 g/mol. The lowest BCUT2D eigenvalue weighted by atomic mass is 9.82. The molecule has 0 radical (unpaired) electrons. The van der Waals surface area contributed by atoms with E-state index in [2.05, 4.69) is 35.5 Å². The summed E-state index contributed by atoms with van der Waals surface area (Å²) in [6.07, 6.45) is 5.27. The molecule has 0 heterocycles. The Hall–Kier alpha value is -3.60. The largest absolute Gasteiger partial charge is 0.482 e. The smallest absolute Gasteiger partial charge is 0.341 e. The van der Waals surface area contributed by atoms with Gasteiger partial charge in [-0.25, -0.2) is 4.79 Å². The normalized spacial score (nSPS) is 15.5. The Morgan fingerprint density at radius 3 is 2.34 bits per heavy atom. The first-order chi connectivity index (χ1) is 15.7. The molecule has 0 aromatic heterocycles. The monoisotopic (exact) mass is 429 g/mol. The molecule has 5 heteroatoms. The van der Waals surface area contributed by atoms with Gasteiger partial charge in [-0.05, 0) is 59.9 Å². The minimum atomic E-state index is -0.961. The Bertz CT molecular complexity index is 1010. The highest BCUT2D eigenvalue weighted by Crippen LogP contribution is 2.33. The fourth-order valence-corrected chi connectivity index (χ4v) is 4.19. The van der Waals surface area contributed by atoms with E-state index in [1.807, 2.05) is 54.7 Å². The van der Waals surface area contributed by atoms with E-state index in [0.717, 1.165) is 42.4 Å². The lowest BCUT2D eigenvalue weighted by molar-refractivity contribution is -0.139. The van der Waals surface area contributed by atoms with E-state index >= 15 is 0 Å². The molecule has 164 valence electrons. The van der Waals surface area contributed by atoms with Crippen LogP contribution in [0.1, 0.15) is 41.2 Å². The van der Waals surface area contributed by atoms with Crippen LogP contribution in [-0.4, -0.2) is 23.9 Å². The first kappa shape index (κ1) is 21.6. The predicted molar refractivity (Wildman–Crippen MR) is 124 cm³/mol. The van der Waals surface area contributed by atoms with Gasteiger partial charge in [0.05, 0.1) is 0 Å². The summed E-state index contributed by atoms with van der Waals surface area (Å²) in [6, 6.07) is 26.1. The zero-order valence-electron chi connectivity index (χ0n) is 17.9. The number of carbonyl (C=O) groups is 1. The molecule has 1 N–H and O–H groups in total. The van der Waals surface area contributed by atoms with E-state index in [4.69, 9.17) is 14.7 Å². The van der Waals surface area contributed by atoms with Gasteiger partial charge >= 0.3 is 5.97 Å². The van der Waals surface area contributed by atoms with Crippen LogP contribution in [0.2, 0.25) is 0 Å². The molecule has 4 rings (SSSR count). The van der Waals surface area contributed by atoms with Crippen LogP contribution in [0.4, 0.5) is 0 Å². The second kappa shape index (κ2) is 10.6. The maximum Gasteiger partial charge on any atom is 0.341 e. The minimum Gasteiger partial charge on any atom is -0.482 e. The van der Waals surface area contributed by atoms with Crippen molar-refractivity contribution in [1.29, 1.82) is 0 Å². The van der Waals surface area contributed by atoms with Crippen molar-refractivity contribution >= 4 is 12.2 Å². The second-order valence-electron chi connectivity index (χ2n) is 8.02. The lowest BCUT2D eigenvalue weighted by Crippen LogP contribution is -2.17. The number of nitrogens with zero attached hydrogens (tertiary/aromatic N) is 1. The number of oxime groups is 1. The standard InChI is InChI=1S/C27H27NO4/c29-26(30)19-31-25-13-7-12-23-18-20(14-15-24(23)25)16-17-28-32-27(21-8-3-1-4-9-21)22-10-5-2-6-11-22/h1-13,17,20,27H,14-16,18-19H2,(H,29,30)/b28-17+. The number of aliphatic carboxylic acids is 1. The Morgan fingerprint density at radius 2 is 1.69 bits per heavy atom. The van der Waals surface area contributed by atoms with Crippen molar-refractivity contribution < 1.29 is 19.5 Å². The van der Waals surface area contributed by atoms with Gasteiger partial charge in [-0.15, -0.1) is 0 Å². The van der Waals surface area contributed by atoms with Crippen molar-refractivity contribution in [2.75, 3.05) is 6.61 Å². The highest BCUT2D eigenvalue weighted by atomic mass is 16.6. The summed E-state index contributed by atoms with van der Waals surface area (Å²) in [5.74, 6) is 0.196. The number of benzene rings is 3. The fourth-order valence-electron chi connectivity index (χ4n) is 4.19. The van der Waals surface area contributed by atoms with Gasteiger partial charge in [0.1, 0.15) is 5.75 Å². The molecule has 0 amide bonds. The van der Waals surface area contributed by atoms with E-state index in [1.165, 1.54) is 5.56 Å². The van der Waals surface area contributed by atoms with Crippen molar-refractivity contribution in [3.8, 4) is 5.75 Å². The molecule has 0 aliphatic heterocycles. The van der Waals surface area contributed by atoms with E-state index < -0.39 is 5.97 Å². The molecule has 0 bridgehead atoms. The Balaban J connectivity index is 1.37. The summed E-state index contributed by atoms with van der Waals surface area (Å²) in [7, 11) is 0. The van der Waals surface area contributed by atoms with Crippen LogP contribution in [0.3, 0.4) is 0 Å². The molecular formula is C27H27NO4. The van der Waals surface area contributed by atoms with Crippen LogP contribution in [0.15, 0.2) is 84.0 Å². The topological polar surface area (TPSA) is 68.1 Å². The highest BCUT2D eigenvalue weighted by Gasteiger charge is 2.21. The average Bonchev–Trinajstić information content (AvgIpc) is 2.83. The Kier molecular flexibility index (Phi) is 7.18. The summed E-state index contributed by atoms with van der Waals surface area (Å²) in [4.78, 5) is 16.8. The Morgan fingerprint density at radius 1 is 1.00 bits per heavy atom. The zero-order chi connectivity index (χ0) is 22.2. The third-order valence-corrected chi connectivity index (χ3v) is 5.78. The minimum absolute atomic E-state index is 0.241. The highest BCUT2D eigenvalue weighted by molar-refractivity contribution is 5.68. The van der Waals surface area contributed by atoms with Gasteiger partial charge in [0, 0.05) is 6.21 Å². The van der Waals surface area contributed by atoms with E-state index in [9.17, 15) is 4.79 Å². The molecule has 32 heavy (non-hydrogen) atoms. The van der Waals surface area contributed by atoms with Gasteiger partial charge in [-0.1, -0.05) is 78.0 Å². The number of ether oxygens (including phenoxy) is 1. The quantitative estimate of drug-likeness (QED) is 0.363. The van der Waals surface area contributed by atoms with Crippen LogP contribution in [0.25, 0.3) is 0 Å². The van der Waals surface area contributed by atoms with Gasteiger partial charge < -0.3 is 14.7 Å². The lowest BCUT2D eigenvalue weighted by Gasteiger charge is -2.25. The van der Waals surface area contributed by atoms with Crippen molar-refractivity contribution in [2.24, 2.45) is 11.1 Å². The molecule has 0 fully saturated rings. The van der Waals surface area contributed by atoms with Gasteiger partial charge in [-0.3, -0.25) is 0 Å². The van der Waals surface area contributed by atoms with E-state index in [0.29, 0.717) is 11.7 Å². The van der Waals surface area contributed by atoms with Gasteiger partial charge in [0.25, 0.3) is 0 Å². The average molecular weight is 430 g/mol. The summed E-state index contributed by atoms with van der Waals surface area (Å²) in [5, 5.41) is 13.2. The maximum absolute atomic E-state index is 10.8. The van der Waals surface area contributed by atoms with Crippen LogP contribution in [0.5, 0.6) is 5.75 Å². The molecule has 0 saturated carbocycles. The molecule has 3 aromatic carbocycles. The van der Waals surface area contributed by atoms with Crippen molar-refractivity contribution in [3.63, 3.8) is 0 Å². The molecule has 1 aliphatic rings. The molecule has 0 saturated heterocycles. The third-order valence-electron chi connectivity index (χ3n) is 5.78. The van der Waals surface area contributed by atoms with Crippen LogP contribution in [0, 0.1) is 5.92 Å².